The van der Waals surface area contributed by atoms with E-state index in [4.69, 9.17) is 16.3 Å². The van der Waals surface area contributed by atoms with E-state index in [1.807, 2.05) is 42.2 Å². The minimum atomic E-state index is -0.526. The van der Waals surface area contributed by atoms with Gasteiger partial charge in [-0.1, -0.05) is 17.7 Å². The van der Waals surface area contributed by atoms with E-state index in [1.54, 1.807) is 23.5 Å². The number of ether oxygens (including phenoxy) is 1. The number of aromatic nitrogens is 1. The Labute approximate surface area is 215 Å². The lowest BCUT2D eigenvalue weighted by atomic mass is 10.1. The van der Waals surface area contributed by atoms with E-state index >= 15 is 0 Å². The lowest BCUT2D eigenvalue weighted by molar-refractivity contribution is -0.130. The molecule has 1 saturated heterocycles. The fourth-order valence-corrected chi connectivity index (χ4v) is 4.43. The van der Waals surface area contributed by atoms with Crippen molar-refractivity contribution in [1.29, 1.82) is 0 Å². The quantitative estimate of drug-likeness (QED) is 0.497. The smallest absolute Gasteiger partial charge is 0.246 e. The van der Waals surface area contributed by atoms with Gasteiger partial charge in [0.05, 0.1) is 18.4 Å². The molecule has 3 heterocycles. The number of nitrogens with one attached hydrogen (secondary N) is 2. The van der Waals surface area contributed by atoms with Gasteiger partial charge in [0.1, 0.15) is 24.9 Å². The van der Waals surface area contributed by atoms with Crippen LogP contribution in [0.3, 0.4) is 0 Å². The summed E-state index contributed by atoms with van der Waals surface area (Å²) in [6, 6.07) is 9.37. The number of hydrazine groups is 2. The molecule has 0 bridgehead atoms. The average molecular weight is 516 g/mol. The lowest BCUT2D eigenvalue weighted by Gasteiger charge is -2.39. The van der Waals surface area contributed by atoms with Gasteiger partial charge in [-0.05, 0) is 55.3 Å². The van der Waals surface area contributed by atoms with E-state index in [2.05, 4.69) is 32.9 Å². The first-order valence-electron chi connectivity index (χ1n) is 11.9. The number of hydrogen-bond donors (Lipinski definition) is 2. The van der Waals surface area contributed by atoms with Gasteiger partial charge in [0.15, 0.2) is 0 Å². The van der Waals surface area contributed by atoms with Crippen molar-refractivity contribution in [2.75, 3.05) is 32.9 Å². The standard InChI is InChI=1S/C25H31ClFN7O2/c1-18-15-32(17-23-6-7-24(14-28-23)36-12-9-27)10-11-33(18)25(35)8-4-20-3-5-22(26)13-21(20)16-34-30-19(2)29-31-34/h3-8,13-14,18,31H,9-12,15-17H2,1-2H3,(H,29,30)/b8-4+/t18-/m1/s1. The maximum absolute atomic E-state index is 13.0. The molecule has 0 saturated carbocycles. The molecular weight excluding hydrogens is 485 g/mol. The second-order valence-electron chi connectivity index (χ2n) is 8.81. The minimum absolute atomic E-state index is 0.0212. The first kappa shape index (κ1) is 25.9. The van der Waals surface area contributed by atoms with Crippen molar-refractivity contribution in [3.63, 3.8) is 0 Å². The zero-order valence-corrected chi connectivity index (χ0v) is 21.2. The minimum Gasteiger partial charge on any atom is -0.489 e. The summed E-state index contributed by atoms with van der Waals surface area (Å²) in [5, 5.41) is 6.48. The van der Waals surface area contributed by atoms with Crippen molar-refractivity contribution >= 4 is 29.4 Å². The molecule has 1 amide bonds. The maximum atomic E-state index is 13.0. The van der Waals surface area contributed by atoms with E-state index < -0.39 is 6.67 Å². The second kappa shape index (κ2) is 12.2. The molecule has 2 N–H and O–H groups in total. The van der Waals surface area contributed by atoms with E-state index in [1.165, 1.54) is 0 Å². The third-order valence-electron chi connectivity index (χ3n) is 6.00. The number of amides is 1. The summed E-state index contributed by atoms with van der Waals surface area (Å²) in [4.78, 5) is 21.6. The lowest BCUT2D eigenvalue weighted by Crippen LogP contribution is -2.53. The molecule has 0 radical (unpaired) electrons. The first-order chi connectivity index (χ1) is 17.4. The number of halogens is 2. The Bertz CT molecular complexity index is 1110. The van der Waals surface area contributed by atoms with E-state index in [0.717, 1.165) is 35.7 Å². The fourth-order valence-electron chi connectivity index (χ4n) is 4.24. The summed E-state index contributed by atoms with van der Waals surface area (Å²) in [6.45, 7) is 6.76. The van der Waals surface area contributed by atoms with Crippen LogP contribution in [0.2, 0.25) is 5.02 Å². The molecule has 2 aliphatic rings. The van der Waals surface area contributed by atoms with Crippen molar-refractivity contribution < 1.29 is 13.9 Å². The van der Waals surface area contributed by atoms with Crippen LogP contribution < -0.4 is 15.7 Å². The molecule has 1 aromatic heterocycles. The largest absolute Gasteiger partial charge is 0.489 e. The average Bonchev–Trinajstić information content (AvgIpc) is 3.27. The third kappa shape index (κ3) is 6.93. The Kier molecular flexibility index (Phi) is 8.74. The number of nitrogens with zero attached hydrogens (tertiary/aromatic N) is 5. The molecule has 36 heavy (non-hydrogen) atoms. The Morgan fingerprint density at radius 3 is 2.83 bits per heavy atom. The van der Waals surface area contributed by atoms with Gasteiger partial charge in [-0.3, -0.25) is 20.1 Å². The van der Waals surface area contributed by atoms with Crippen LogP contribution in [0.5, 0.6) is 5.75 Å². The molecule has 0 spiro atoms. The highest BCUT2D eigenvalue weighted by Crippen LogP contribution is 2.20. The molecule has 11 heteroatoms. The number of benzene rings is 1. The van der Waals surface area contributed by atoms with Crippen LogP contribution in [0.15, 0.2) is 47.7 Å². The van der Waals surface area contributed by atoms with Crippen molar-refractivity contribution in [3.8, 4) is 5.75 Å². The number of rotatable bonds is 9. The van der Waals surface area contributed by atoms with Crippen molar-refractivity contribution in [1.82, 2.24) is 30.9 Å². The van der Waals surface area contributed by atoms with E-state index in [9.17, 15) is 9.18 Å². The zero-order valence-electron chi connectivity index (χ0n) is 20.5. The Balaban J connectivity index is 1.32. The number of amidine groups is 1. The van der Waals surface area contributed by atoms with Crippen LogP contribution >= 0.6 is 11.6 Å². The molecule has 2 aliphatic heterocycles. The first-order valence-corrected chi connectivity index (χ1v) is 12.3. The van der Waals surface area contributed by atoms with Gasteiger partial charge >= 0.3 is 0 Å². The summed E-state index contributed by atoms with van der Waals surface area (Å²) >= 11 is 6.22. The van der Waals surface area contributed by atoms with Gasteiger partial charge in [-0.25, -0.2) is 9.93 Å². The van der Waals surface area contributed by atoms with Crippen LogP contribution in [-0.2, 0) is 17.9 Å². The molecule has 1 fully saturated rings. The summed E-state index contributed by atoms with van der Waals surface area (Å²) in [5.41, 5.74) is 8.78. The summed E-state index contributed by atoms with van der Waals surface area (Å²) in [7, 11) is 0. The van der Waals surface area contributed by atoms with Crippen LogP contribution in [0.1, 0.15) is 30.7 Å². The number of piperazine rings is 1. The molecule has 1 aromatic carbocycles. The monoisotopic (exact) mass is 515 g/mol. The normalized spacial score (nSPS) is 18.7. The van der Waals surface area contributed by atoms with Crippen molar-refractivity contribution in [2.24, 2.45) is 5.10 Å². The SMILES string of the molecule is CC1=NNN(Cc2cc(Cl)ccc2/C=C/C(=O)N2CCN(Cc3ccc(OCCF)cn3)C[C@H]2C)N1. The molecule has 0 aliphatic carbocycles. The predicted octanol–water partition coefficient (Wildman–Crippen LogP) is 2.99. The van der Waals surface area contributed by atoms with E-state index in [0.29, 0.717) is 30.4 Å². The fraction of sp³-hybridized carbons (Fsp3) is 0.400. The van der Waals surface area contributed by atoms with Gasteiger partial charge in [0.2, 0.25) is 5.91 Å². The van der Waals surface area contributed by atoms with Crippen molar-refractivity contribution in [2.45, 2.75) is 33.0 Å². The number of carbonyl (C=O) groups is 1. The molecule has 0 unspecified atom stereocenters. The molecule has 192 valence electrons. The Morgan fingerprint density at radius 2 is 2.14 bits per heavy atom. The van der Waals surface area contributed by atoms with Gasteiger partial charge in [-0.2, -0.15) is 0 Å². The maximum Gasteiger partial charge on any atom is 0.246 e. The molecule has 4 rings (SSSR count). The molecule has 9 nitrogen and oxygen atoms in total. The highest BCUT2D eigenvalue weighted by Gasteiger charge is 2.26. The van der Waals surface area contributed by atoms with E-state index in [-0.39, 0.29) is 18.6 Å². The molecule has 1 atom stereocenters. The van der Waals surface area contributed by atoms with Gasteiger partial charge in [0.25, 0.3) is 0 Å². The van der Waals surface area contributed by atoms with Crippen LogP contribution in [0.4, 0.5) is 4.39 Å². The number of hydrazone groups is 1. The Hall–Kier alpha value is -3.21. The predicted molar refractivity (Wildman–Crippen MR) is 138 cm³/mol. The summed E-state index contributed by atoms with van der Waals surface area (Å²) in [5.74, 6) is 1.31. The van der Waals surface area contributed by atoms with Gasteiger partial charge < -0.3 is 9.64 Å². The van der Waals surface area contributed by atoms with Crippen LogP contribution in [0, 0.1) is 0 Å². The highest BCUT2D eigenvalue weighted by molar-refractivity contribution is 6.30. The summed E-state index contributed by atoms with van der Waals surface area (Å²) < 4.78 is 17.5. The topological polar surface area (TPSA) is 85.3 Å². The number of alkyl halides is 1. The molecular formula is C25H31ClFN7O2. The van der Waals surface area contributed by atoms with Crippen LogP contribution in [-0.4, -0.2) is 70.6 Å². The number of hydrogen-bond acceptors (Lipinski definition) is 8. The Morgan fingerprint density at radius 1 is 1.28 bits per heavy atom. The number of carbonyl (C=O) groups excluding carboxylic acids is 1. The third-order valence-corrected chi connectivity index (χ3v) is 6.23. The second-order valence-corrected chi connectivity index (χ2v) is 9.25. The number of pyridine rings is 1. The highest BCUT2D eigenvalue weighted by atomic mass is 35.5. The van der Waals surface area contributed by atoms with Gasteiger partial charge in [-0.15, -0.1) is 10.2 Å². The van der Waals surface area contributed by atoms with Crippen LogP contribution in [0.25, 0.3) is 6.08 Å². The van der Waals surface area contributed by atoms with Gasteiger partial charge in [0, 0.05) is 43.3 Å². The zero-order chi connectivity index (χ0) is 25.5. The molecule has 2 aromatic rings. The van der Waals surface area contributed by atoms with Crippen molar-refractivity contribution in [3.05, 3.63) is 64.4 Å². The summed E-state index contributed by atoms with van der Waals surface area (Å²) in [6.07, 6.45) is 5.09.